The van der Waals surface area contributed by atoms with Crippen LogP contribution in [0.3, 0.4) is 0 Å². The first-order valence-electron chi connectivity index (χ1n) is 6.48. The van der Waals surface area contributed by atoms with Crippen LogP contribution in [0.25, 0.3) is 0 Å². The van der Waals surface area contributed by atoms with Crippen LogP contribution in [0, 0.1) is 22.7 Å². The van der Waals surface area contributed by atoms with E-state index in [0.29, 0.717) is 31.7 Å². The van der Waals surface area contributed by atoms with Gasteiger partial charge in [-0.15, -0.1) is 0 Å². The number of nitriles is 1. The number of carbonyl (C=O) groups excluding carboxylic acids is 2. The second kappa shape index (κ2) is 4.60. The molecule has 1 saturated carbocycles. The van der Waals surface area contributed by atoms with Crippen LogP contribution in [0.15, 0.2) is 0 Å². The largest absolute Gasteiger partial charge is 0.357 e. The molecular weight excluding hydrogens is 230 g/mol. The summed E-state index contributed by atoms with van der Waals surface area (Å²) in [6.45, 7) is 2.64. The van der Waals surface area contributed by atoms with E-state index in [4.69, 9.17) is 0 Å². The average molecular weight is 249 g/mol. The highest BCUT2D eigenvalue weighted by Gasteiger charge is 2.52. The fourth-order valence-electron chi connectivity index (χ4n) is 3.17. The Morgan fingerprint density at radius 3 is 2.61 bits per heavy atom. The maximum atomic E-state index is 12.5. The van der Waals surface area contributed by atoms with Gasteiger partial charge >= 0.3 is 0 Å². The van der Waals surface area contributed by atoms with Gasteiger partial charge in [-0.3, -0.25) is 9.59 Å². The molecule has 0 aromatic rings. The molecule has 2 aliphatic rings. The van der Waals surface area contributed by atoms with Gasteiger partial charge in [0.2, 0.25) is 11.8 Å². The molecule has 1 saturated heterocycles. The molecule has 0 bridgehead atoms. The van der Waals surface area contributed by atoms with Gasteiger partial charge in [0, 0.05) is 13.6 Å². The highest BCUT2D eigenvalue weighted by atomic mass is 16.2. The van der Waals surface area contributed by atoms with Crippen LogP contribution in [0.2, 0.25) is 0 Å². The minimum Gasteiger partial charge on any atom is -0.357 e. The fourth-order valence-corrected chi connectivity index (χ4v) is 3.17. The van der Waals surface area contributed by atoms with E-state index in [1.807, 2.05) is 6.92 Å². The Kier molecular flexibility index (Phi) is 3.29. The van der Waals surface area contributed by atoms with Gasteiger partial charge in [0.05, 0.1) is 6.07 Å². The number of rotatable bonds is 2. The van der Waals surface area contributed by atoms with E-state index in [-0.39, 0.29) is 17.9 Å². The van der Waals surface area contributed by atoms with Crippen molar-refractivity contribution in [3.05, 3.63) is 0 Å². The topological polar surface area (TPSA) is 73.2 Å². The highest BCUT2D eigenvalue weighted by molar-refractivity contribution is 5.92. The van der Waals surface area contributed by atoms with Crippen LogP contribution < -0.4 is 5.32 Å². The van der Waals surface area contributed by atoms with E-state index in [0.717, 1.165) is 6.42 Å². The lowest BCUT2D eigenvalue weighted by molar-refractivity contribution is -0.149. The number of amides is 2. The first-order valence-corrected chi connectivity index (χ1v) is 6.48. The van der Waals surface area contributed by atoms with Crippen molar-refractivity contribution >= 4 is 11.8 Å². The molecule has 1 heterocycles. The van der Waals surface area contributed by atoms with E-state index in [2.05, 4.69) is 11.4 Å². The monoisotopic (exact) mass is 249 g/mol. The number of carbonyl (C=O) groups is 2. The van der Waals surface area contributed by atoms with Crippen LogP contribution in [0.4, 0.5) is 0 Å². The molecular formula is C13H19N3O2. The molecule has 2 fully saturated rings. The van der Waals surface area contributed by atoms with Crippen LogP contribution in [0.1, 0.15) is 32.6 Å². The van der Waals surface area contributed by atoms with E-state index in [1.165, 1.54) is 0 Å². The van der Waals surface area contributed by atoms with E-state index >= 15 is 0 Å². The Morgan fingerprint density at radius 1 is 1.44 bits per heavy atom. The quantitative estimate of drug-likeness (QED) is 0.781. The first kappa shape index (κ1) is 12.9. The van der Waals surface area contributed by atoms with Crippen LogP contribution >= 0.6 is 0 Å². The molecule has 5 heteroatoms. The normalized spacial score (nSPS) is 34.6. The molecule has 1 aliphatic heterocycles. The van der Waals surface area contributed by atoms with Crippen LogP contribution in [-0.2, 0) is 9.59 Å². The van der Waals surface area contributed by atoms with Crippen molar-refractivity contribution in [2.24, 2.45) is 11.3 Å². The third-order valence-corrected chi connectivity index (χ3v) is 4.08. The number of hydrogen-bond acceptors (Lipinski definition) is 3. The molecule has 1 atom stereocenters. The van der Waals surface area contributed by atoms with Gasteiger partial charge in [0.25, 0.3) is 0 Å². The minimum absolute atomic E-state index is 0.124. The molecule has 0 spiro atoms. The van der Waals surface area contributed by atoms with E-state index in [9.17, 15) is 14.9 Å². The van der Waals surface area contributed by atoms with E-state index in [1.54, 1.807) is 11.9 Å². The van der Waals surface area contributed by atoms with Gasteiger partial charge in [-0.05, 0) is 31.6 Å². The van der Waals surface area contributed by atoms with Gasteiger partial charge in [0.15, 0.2) is 0 Å². The van der Waals surface area contributed by atoms with Gasteiger partial charge in [-0.1, -0.05) is 6.92 Å². The smallest absolute Gasteiger partial charge is 0.243 e. The lowest BCUT2D eigenvalue weighted by atomic mass is 9.62. The minimum atomic E-state index is -0.865. The summed E-state index contributed by atoms with van der Waals surface area (Å²) >= 11 is 0. The summed E-state index contributed by atoms with van der Waals surface area (Å²) in [4.78, 5) is 25.8. The average Bonchev–Trinajstić information content (AvgIpc) is 2.81. The number of nitrogens with one attached hydrogen (secondary N) is 1. The Bertz CT molecular complexity index is 407. The third-order valence-electron chi connectivity index (χ3n) is 4.08. The Balaban J connectivity index is 2.14. The Hall–Kier alpha value is -1.57. The molecule has 1 N–H and O–H groups in total. The van der Waals surface area contributed by atoms with Gasteiger partial charge in [-0.25, -0.2) is 0 Å². The predicted octanol–water partition coefficient (Wildman–Crippen LogP) is 0.663. The molecule has 2 rings (SSSR count). The zero-order valence-electron chi connectivity index (χ0n) is 10.9. The Morgan fingerprint density at radius 2 is 2.11 bits per heavy atom. The van der Waals surface area contributed by atoms with Crippen LogP contribution in [-0.4, -0.2) is 36.3 Å². The second-order valence-electron chi connectivity index (χ2n) is 5.48. The molecule has 5 nitrogen and oxygen atoms in total. The molecule has 0 aromatic carbocycles. The second-order valence-corrected chi connectivity index (χ2v) is 5.48. The van der Waals surface area contributed by atoms with Gasteiger partial charge in [0.1, 0.15) is 11.5 Å². The molecule has 0 radical (unpaired) electrons. The predicted molar refractivity (Wildman–Crippen MR) is 65.2 cm³/mol. The van der Waals surface area contributed by atoms with Gasteiger partial charge in [-0.2, -0.15) is 5.26 Å². The third kappa shape index (κ3) is 1.86. The van der Waals surface area contributed by atoms with Crippen molar-refractivity contribution in [2.45, 2.75) is 38.6 Å². The summed E-state index contributed by atoms with van der Waals surface area (Å²) < 4.78 is 0. The van der Waals surface area contributed by atoms with Crippen molar-refractivity contribution in [3.63, 3.8) is 0 Å². The Labute approximate surface area is 107 Å². The highest BCUT2D eigenvalue weighted by Crippen LogP contribution is 2.47. The molecule has 18 heavy (non-hydrogen) atoms. The van der Waals surface area contributed by atoms with Gasteiger partial charge < -0.3 is 10.2 Å². The molecule has 1 aliphatic carbocycles. The number of likely N-dealkylation sites (tertiary alicyclic amines) is 1. The lowest BCUT2D eigenvalue weighted by Gasteiger charge is -2.42. The zero-order chi connectivity index (χ0) is 13.3. The summed E-state index contributed by atoms with van der Waals surface area (Å²) in [6.07, 6.45) is 2.78. The molecule has 98 valence electrons. The molecule has 0 aromatic heterocycles. The number of hydrogen-bond donors (Lipinski definition) is 1. The fraction of sp³-hybridized carbons (Fsp3) is 0.769. The zero-order valence-corrected chi connectivity index (χ0v) is 10.9. The summed E-state index contributed by atoms with van der Waals surface area (Å²) in [6, 6.07) is 1.79. The maximum Gasteiger partial charge on any atom is 0.243 e. The summed E-state index contributed by atoms with van der Waals surface area (Å²) in [5.41, 5.74) is -0.865. The standard InChI is InChI=1S/C13H19N3O2/c1-9-6-13(7-9,8-14)12(18)16-5-3-4-10(16)11(17)15-2/h9-10H,3-7H2,1-2H3,(H,15,17). The van der Waals surface area contributed by atoms with E-state index < -0.39 is 5.41 Å². The maximum absolute atomic E-state index is 12.5. The number of nitrogens with zero attached hydrogens (tertiary/aromatic N) is 2. The van der Waals surface area contributed by atoms with Crippen molar-refractivity contribution in [1.29, 1.82) is 5.26 Å². The summed E-state index contributed by atoms with van der Waals surface area (Å²) in [5, 5.41) is 11.9. The summed E-state index contributed by atoms with van der Waals surface area (Å²) in [5.74, 6) is 0.158. The lowest BCUT2D eigenvalue weighted by Crippen LogP contribution is -2.54. The van der Waals surface area contributed by atoms with Crippen molar-refractivity contribution in [2.75, 3.05) is 13.6 Å². The van der Waals surface area contributed by atoms with Crippen LogP contribution in [0.5, 0.6) is 0 Å². The van der Waals surface area contributed by atoms with Crippen molar-refractivity contribution in [1.82, 2.24) is 10.2 Å². The molecule has 1 unspecified atom stereocenters. The SMILES string of the molecule is CNC(=O)C1CCCN1C(=O)C1(C#N)CC(C)C1. The van der Waals surface area contributed by atoms with Crippen molar-refractivity contribution < 1.29 is 9.59 Å². The summed E-state index contributed by atoms with van der Waals surface area (Å²) in [7, 11) is 1.58. The van der Waals surface area contributed by atoms with Crippen molar-refractivity contribution in [3.8, 4) is 6.07 Å². The number of likely N-dealkylation sites (N-methyl/N-ethyl adjacent to an activating group) is 1. The first-order chi connectivity index (χ1) is 8.54. The molecule has 2 amide bonds.